The van der Waals surface area contributed by atoms with Crippen molar-refractivity contribution in [3.05, 3.63) is 12.3 Å². The van der Waals surface area contributed by atoms with Crippen molar-refractivity contribution in [2.75, 3.05) is 0 Å². The van der Waals surface area contributed by atoms with Crippen molar-refractivity contribution in [3.8, 4) is 0 Å². The lowest BCUT2D eigenvalue weighted by atomic mass is 10.7. The molecule has 0 rings (SSSR count). The van der Waals surface area contributed by atoms with Gasteiger partial charge in [0.1, 0.15) is 6.26 Å². The van der Waals surface area contributed by atoms with Gasteiger partial charge in [0.05, 0.1) is 6.08 Å². The van der Waals surface area contributed by atoms with Crippen LogP contribution in [0, 0.1) is 0 Å². The fraction of sp³-hybridized carbons (Fsp3) is 0. The lowest BCUT2D eigenvalue weighted by Crippen LogP contribution is -1.86. The quantitative estimate of drug-likeness (QED) is 0.312. The predicted octanol–water partition coefficient (Wildman–Crippen LogP) is -0.872. The number of carbonyl (C=O) groups is 1. The molecular formula is C3H4O5S. The monoisotopic (exact) mass is 152 g/mol. The lowest BCUT2D eigenvalue weighted by Gasteiger charge is -1.80. The van der Waals surface area contributed by atoms with E-state index in [1.165, 1.54) is 0 Å². The normalized spacial score (nSPS) is 10.3. The molecule has 0 aromatic rings. The van der Waals surface area contributed by atoms with E-state index in [0.717, 1.165) is 0 Å². The SMILES string of the molecule is O=C(O)C=CO[SH](=O)=O. The Kier molecular flexibility index (Phi) is 3.45. The van der Waals surface area contributed by atoms with Gasteiger partial charge in [-0.2, -0.15) is 8.42 Å². The van der Waals surface area contributed by atoms with E-state index in [9.17, 15) is 13.2 Å². The molecule has 0 amide bonds. The Hall–Kier alpha value is -1.04. The number of carboxylic acids is 1. The smallest absolute Gasteiger partial charge is 0.331 e. The molecule has 52 valence electrons. The highest BCUT2D eigenvalue weighted by Crippen LogP contribution is 1.75. The minimum Gasteiger partial charge on any atom is -0.478 e. The lowest BCUT2D eigenvalue weighted by molar-refractivity contribution is -0.131. The summed E-state index contributed by atoms with van der Waals surface area (Å²) in [6.07, 6.45) is 1.15. The molecule has 0 spiro atoms. The van der Waals surface area contributed by atoms with Crippen LogP contribution in [0.25, 0.3) is 0 Å². The van der Waals surface area contributed by atoms with Crippen LogP contribution in [0.2, 0.25) is 0 Å². The first-order chi connectivity index (χ1) is 4.13. The Labute approximate surface area is 52.7 Å². The van der Waals surface area contributed by atoms with Gasteiger partial charge in [-0.3, -0.25) is 0 Å². The van der Waals surface area contributed by atoms with Crippen molar-refractivity contribution >= 4 is 17.0 Å². The molecule has 0 aliphatic rings. The summed E-state index contributed by atoms with van der Waals surface area (Å²) in [6, 6.07) is 0. The Morgan fingerprint density at radius 3 is 2.44 bits per heavy atom. The van der Waals surface area contributed by atoms with Gasteiger partial charge in [-0.25, -0.2) is 4.79 Å². The third-order valence-electron chi connectivity index (χ3n) is 0.358. The zero-order valence-electron chi connectivity index (χ0n) is 4.18. The van der Waals surface area contributed by atoms with Crippen LogP contribution in [0.3, 0.4) is 0 Å². The van der Waals surface area contributed by atoms with Gasteiger partial charge in [-0.15, -0.1) is 0 Å². The molecule has 0 heterocycles. The Bertz CT molecular complexity index is 182. The molecule has 0 bridgehead atoms. The van der Waals surface area contributed by atoms with Crippen molar-refractivity contribution in [2.45, 2.75) is 0 Å². The van der Waals surface area contributed by atoms with E-state index in [1.807, 2.05) is 0 Å². The molecule has 0 aliphatic carbocycles. The van der Waals surface area contributed by atoms with E-state index >= 15 is 0 Å². The number of aliphatic carboxylic acids is 1. The van der Waals surface area contributed by atoms with Crippen LogP contribution in [-0.4, -0.2) is 19.5 Å². The highest BCUT2D eigenvalue weighted by molar-refractivity contribution is 7.67. The van der Waals surface area contributed by atoms with Gasteiger partial charge in [0.25, 0.3) is 11.0 Å². The van der Waals surface area contributed by atoms with Gasteiger partial charge >= 0.3 is 5.97 Å². The van der Waals surface area contributed by atoms with E-state index < -0.39 is 17.0 Å². The summed E-state index contributed by atoms with van der Waals surface area (Å²) < 4.78 is 22.8. The Balaban J connectivity index is 3.61. The van der Waals surface area contributed by atoms with Crippen LogP contribution in [-0.2, 0) is 20.0 Å². The zero-order chi connectivity index (χ0) is 7.28. The average Bonchev–Trinajstić information content (AvgIpc) is 1.63. The molecular weight excluding hydrogens is 148 g/mol. The van der Waals surface area contributed by atoms with Gasteiger partial charge in [0.15, 0.2) is 0 Å². The van der Waals surface area contributed by atoms with Crippen molar-refractivity contribution in [3.63, 3.8) is 0 Å². The van der Waals surface area contributed by atoms with E-state index in [1.54, 1.807) is 0 Å². The predicted molar refractivity (Wildman–Crippen MR) is 28.2 cm³/mol. The van der Waals surface area contributed by atoms with Crippen molar-refractivity contribution in [2.24, 2.45) is 0 Å². The van der Waals surface area contributed by atoms with Gasteiger partial charge in [-0.05, 0) is 0 Å². The Morgan fingerprint density at radius 1 is 1.56 bits per heavy atom. The summed E-state index contributed by atoms with van der Waals surface area (Å²) in [5, 5.41) is 7.86. The molecule has 5 nitrogen and oxygen atoms in total. The van der Waals surface area contributed by atoms with Gasteiger partial charge < -0.3 is 9.29 Å². The number of thiol groups is 1. The molecule has 0 aromatic carbocycles. The highest BCUT2D eigenvalue weighted by atomic mass is 32.2. The molecule has 0 unspecified atom stereocenters. The third kappa shape index (κ3) is 6.96. The maximum absolute atomic E-state index is 9.62. The largest absolute Gasteiger partial charge is 0.478 e. The molecule has 0 aromatic heterocycles. The van der Waals surface area contributed by atoms with Crippen LogP contribution in [0.15, 0.2) is 12.3 Å². The first kappa shape index (κ1) is 7.96. The molecule has 0 saturated heterocycles. The first-order valence-electron chi connectivity index (χ1n) is 1.83. The zero-order valence-corrected chi connectivity index (χ0v) is 5.08. The van der Waals surface area contributed by atoms with E-state index in [2.05, 4.69) is 4.18 Å². The minimum atomic E-state index is -2.98. The summed E-state index contributed by atoms with van der Waals surface area (Å²) in [5.41, 5.74) is 0. The number of hydrogen-bond donors (Lipinski definition) is 2. The topological polar surface area (TPSA) is 80.7 Å². The third-order valence-corrected chi connectivity index (χ3v) is 0.651. The highest BCUT2D eigenvalue weighted by Gasteiger charge is 1.83. The fourth-order valence-electron chi connectivity index (χ4n) is 0.138. The summed E-state index contributed by atoms with van der Waals surface area (Å²) in [4.78, 5) is 9.62. The Morgan fingerprint density at radius 2 is 2.11 bits per heavy atom. The number of hydrogen-bond acceptors (Lipinski definition) is 4. The fourth-order valence-corrected chi connectivity index (χ4v) is 0.299. The van der Waals surface area contributed by atoms with Gasteiger partial charge in [0, 0.05) is 0 Å². The first-order valence-corrected chi connectivity index (χ1v) is 2.93. The number of carboxylic acid groups (broad SMARTS) is 1. The molecule has 9 heavy (non-hydrogen) atoms. The second-order valence-electron chi connectivity index (χ2n) is 0.970. The van der Waals surface area contributed by atoms with Crippen molar-refractivity contribution < 1.29 is 22.5 Å². The van der Waals surface area contributed by atoms with Crippen LogP contribution in [0.4, 0.5) is 0 Å². The molecule has 1 N–H and O–H groups in total. The summed E-state index contributed by atoms with van der Waals surface area (Å²) in [6.45, 7) is 0. The van der Waals surface area contributed by atoms with Crippen LogP contribution < -0.4 is 0 Å². The maximum Gasteiger partial charge on any atom is 0.331 e. The molecule has 0 saturated carbocycles. The van der Waals surface area contributed by atoms with E-state index in [0.29, 0.717) is 12.3 Å². The molecule has 0 aliphatic heterocycles. The second-order valence-corrected chi connectivity index (χ2v) is 1.63. The standard InChI is InChI=1S/C3H4O5S/c4-3(5)1-2-8-9(6)7/h1-2,9H,(H,4,5). The summed E-state index contributed by atoms with van der Waals surface area (Å²) in [5.74, 6) is -1.26. The van der Waals surface area contributed by atoms with E-state index in [4.69, 9.17) is 5.11 Å². The van der Waals surface area contributed by atoms with Crippen molar-refractivity contribution in [1.82, 2.24) is 0 Å². The molecule has 6 heteroatoms. The molecule has 0 fully saturated rings. The maximum atomic E-state index is 9.62. The van der Waals surface area contributed by atoms with Crippen LogP contribution >= 0.6 is 0 Å². The van der Waals surface area contributed by atoms with Gasteiger partial charge in [0.2, 0.25) is 0 Å². The van der Waals surface area contributed by atoms with Crippen molar-refractivity contribution in [1.29, 1.82) is 0 Å². The molecule has 0 atom stereocenters. The molecule has 0 radical (unpaired) electrons. The number of rotatable bonds is 3. The minimum absolute atomic E-state index is 0.575. The van der Waals surface area contributed by atoms with Gasteiger partial charge in [-0.1, -0.05) is 0 Å². The average molecular weight is 152 g/mol. The summed E-state index contributed by atoms with van der Waals surface area (Å²) in [7, 11) is -2.98. The van der Waals surface area contributed by atoms with E-state index in [-0.39, 0.29) is 0 Å². The van der Waals surface area contributed by atoms with Crippen LogP contribution in [0.1, 0.15) is 0 Å². The van der Waals surface area contributed by atoms with Crippen LogP contribution in [0.5, 0.6) is 0 Å². The summed E-state index contributed by atoms with van der Waals surface area (Å²) >= 11 is 0. The second kappa shape index (κ2) is 3.90.